The number of amides is 2. The topological polar surface area (TPSA) is 74.7 Å². The Bertz CT molecular complexity index is 499. The lowest BCUT2D eigenvalue weighted by Gasteiger charge is -2.24. The van der Waals surface area contributed by atoms with Crippen molar-refractivity contribution in [2.75, 3.05) is 16.4 Å². The highest BCUT2D eigenvalue weighted by Gasteiger charge is 2.27. The Balaban J connectivity index is 2.29. The van der Waals surface area contributed by atoms with Gasteiger partial charge in [0, 0.05) is 0 Å². The second kappa shape index (κ2) is 5.22. The van der Waals surface area contributed by atoms with E-state index in [4.69, 9.17) is 5.11 Å². The van der Waals surface area contributed by atoms with Gasteiger partial charge in [-0.15, -0.1) is 11.8 Å². The van der Waals surface area contributed by atoms with Crippen molar-refractivity contribution in [3.63, 3.8) is 0 Å². The number of thioether (sulfide) groups is 1. The molecule has 1 fully saturated rings. The van der Waals surface area contributed by atoms with Crippen LogP contribution < -0.4 is 4.90 Å². The highest BCUT2D eigenvalue weighted by Crippen LogP contribution is 2.22. The van der Waals surface area contributed by atoms with Crippen LogP contribution in [0.4, 0.5) is 5.69 Å². The number of imide groups is 1. The van der Waals surface area contributed by atoms with E-state index in [1.54, 1.807) is 24.3 Å². The highest BCUT2D eigenvalue weighted by atomic mass is 32.2. The van der Waals surface area contributed by atoms with Gasteiger partial charge in [-0.1, -0.05) is 12.1 Å². The van der Waals surface area contributed by atoms with Gasteiger partial charge in [0.1, 0.15) is 0 Å². The van der Waals surface area contributed by atoms with E-state index >= 15 is 0 Å². The maximum absolute atomic E-state index is 11.7. The summed E-state index contributed by atoms with van der Waals surface area (Å²) >= 11 is 1.29. The zero-order valence-corrected chi connectivity index (χ0v) is 10.3. The number of carbonyl (C=O) groups excluding carboxylic acids is 2. The molecule has 0 aromatic heterocycles. The summed E-state index contributed by atoms with van der Waals surface area (Å²) in [5, 5.41) is 8.72. The smallest absolute Gasteiger partial charge is 0.307 e. The SMILES string of the molecule is O=C(O)Cc1cccc(N2C(=O)CSCC2=O)c1. The molecule has 5 nitrogen and oxygen atoms in total. The minimum atomic E-state index is -0.945. The Hall–Kier alpha value is -1.82. The van der Waals surface area contributed by atoms with Crippen LogP contribution in [-0.2, 0) is 20.8 Å². The van der Waals surface area contributed by atoms with E-state index in [-0.39, 0.29) is 29.7 Å². The summed E-state index contributed by atoms with van der Waals surface area (Å²) in [6.45, 7) is 0. The Kier molecular flexibility index (Phi) is 3.66. The van der Waals surface area contributed by atoms with Gasteiger partial charge in [-0.3, -0.25) is 14.4 Å². The third kappa shape index (κ3) is 2.70. The summed E-state index contributed by atoms with van der Waals surface area (Å²) in [6, 6.07) is 6.51. The lowest BCUT2D eigenvalue weighted by molar-refractivity contribution is -0.136. The number of carboxylic acid groups (broad SMARTS) is 1. The second-order valence-electron chi connectivity index (χ2n) is 3.86. The average molecular weight is 265 g/mol. The summed E-state index contributed by atoms with van der Waals surface area (Å²) in [5.41, 5.74) is 1.02. The van der Waals surface area contributed by atoms with Crippen LogP contribution in [0.15, 0.2) is 24.3 Å². The molecule has 1 aliphatic heterocycles. The highest BCUT2D eigenvalue weighted by molar-refractivity contribution is 8.00. The number of nitrogens with zero attached hydrogens (tertiary/aromatic N) is 1. The number of rotatable bonds is 3. The van der Waals surface area contributed by atoms with Crippen molar-refractivity contribution in [2.45, 2.75) is 6.42 Å². The molecule has 6 heteroatoms. The van der Waals surface area contributed by atoms with Crippen molar-refractivity contribution in [2.24, 2.45) is 0 Å². The summed E-state index contributed by atoms with van der Waals surface area (Å²) in [7, 11) is 0. The summed E-state index contributed by atoms with van der Waals surface area (Å²) in [5.74, 6) is -0.921. The molecule has 1 aliphatic rings. The Morgan fingerprint density at radius 1 is 1.28 bits per heavy atom. The van der Waals surface area contributed by atoms with Gasteiger partial charge in [-0.25, -0.2) is 4.90 Å². The summed E-state index contributed by atoms with van der Waals surface area (Å²) < 4.78 is 0. The predicted molar refractivity (Wildman–Crippen MR) is 67.6 cm³/mol. The number of benzene rings is 1. The quantitative estimate of drug-likeness (QED) is 0.823. The van der Waals surface area contributed by atoms with Gasteiger partial charge in [-0.05, 0) is 17.7 Å². The Morgan fingerprint density at radius 2 is 1.94 bits per heavy atom. The number of aliphatic carboxylic acids is 1. The minimum Gasteiger partial charge on any atom is -0.481 e. The molecule has 94 valence electrons. The molecular weight excluding hydrogens is 254 g/mol. The third-order valence-electron chi connectivity index (χ3n) is 2.47. The molecule has 1 saturated heterocycles. The lowest BCUT2D eigenvalue weighted by Crippen LogP contribution is -2.43. The first kappa shape index (κ1) is 12.6. The van der Waals surface area contributed by atoms with Crippen LogP contribution in [-0.4, -0.2) is 34.4 Å². The summed E-state index contributed by atoms with van der Waals surface area (Å²) in [4.78, 5) is 35.2. The molecule has 0 atom stereocenters. The molecule has 18 heavy (non-hydrogen) atoms. The molecular formula is C12H11NO4S. The maximum Gasteiger partial charge on any atom is 0.307 e. The average Bonchev–Trinajstić information content (AvgIpc) is 2.28. The number of hydrogen-bond acceptors (Lipinski definition) is 4. The number of hydrogen-bond donors (Lipinski definition) is 1. The van der Waals surface area contributed by atoms with Crippen LogP contribution in [0.1, 0.15) is 5.56 Å². The van der Waals surface area contributed by atoms with Crippen molar-refractivity contribution in [1.82, 2.24) is 0 Å². The number of anilines is 1. The molecule has 0 spiro atoms. The van der Waals surface area contributed by atoms with Crippen molar-refractivity contribution in [3.8, 4) is 0 Å². The van der Waals surface area contributed by atoms with Gasteiger partial charge in [0.15, 0.2) is 0 Å². The van der Waals surface area contributed by atoms with Crippen LogP contribution >= 0.6 is 11.8 Å². The Morgan fingerprint density at radius 3 is 2.56 bits per heavy atom. The fourth-order valence-electron chi connectivity index (χ4n) is 1.76. The fraction of sp³-hybridized carbons (Fsp3) is 0.250. The third-order valence-corrected chi connectivity index (χ3v) is 3.38. The van der Waals surface area contributed by atoms with Crippen LogP contribution in [0, 0.1) is 0 Å². The zero-order valence-electron chi connectivity index (χ0n) is 9.46. The molecule has 2 amide bonds. The molecule has 1 N–H and O–H groups in total. The second-order valence-corrected chi connectivity index (χ2v) is 4.84. The first-order valence-corrected chi connectivity index (χ1v) is 6.47. The number of carboxylic acids is 1. The van der Waals surface area contributed by atoms with Crippen molar-refractivity contribution < 1.29 is 19.5 Å². The van der Waals surface area contributed by atoms with Gasteiger partial charge in [0.2, 0.25) is 11.8 Å². The monoisotopic (exact) mass is 265 g/mol. The van der Waals surface area contributed by atoms with Crippen molar-refractivity contribution in [1.29, 1.82) is 0 Å². The van der Waals surface area contributed by atoms with Crippen LogP contribution in [0.3, 0.4) is 0 Å². The first-order chi connectivity index (χ1) is 8.58. The van der Waals surface area contributed by atoms with E-state index in [0.29, 0.717) is 11.3 Å². The molecule has 2 rings (SSSR count). The molecule has 0 bridgehead atoms. The van der Waals surface area contributed by atoms with Gasteiger partial charge >= 0.3 is 5.97 Å². The molecule has 0 radical (unpaired) electrons. The van der Waals surface area contributed by atoms with E-state index in [2.05, 4.69) is 0 Å². The van der Waals surface area contributed by atoms with Gasteiger partial charge in [0.05, 0.1) is 23.6 Å². The van der Waals surface area contributed by atoms with E-state index in [1.807, 2.05) is 0 Å². The number of carbonyl (C=O) groups is 3. The molecule has 1 aromatic rings. The van der Waals surface area contributed by atoms with Crippen LogP contribution in [0.2, 0.25) is 0 Å². The molecule has 0 unspecified atom stereocenters. The van der Waals surface area contributed by atoms with E-state index in [1.165, 1.54) is 11.8 Å². The normalized spacial score (nSPS) is 15.9. The van der Waals surface area contributed by atoms with Gasteiger partial charge in [-0.2, -0.15) is 0 Å². The van der Waals surface area contributed by atoms with Crippen LogP contribution in [0.25, 0.3) is 0 Å². The van der Waals surface area contributed by atoms with Gasteiger partial charge in [0.25, 0.3) is 0 Å². The molecule has 0 aliphatic carbocycles. The van der Waals surface area contributed by atoms with E-state index < -0.39 is 5.97 Å². The molecule has 1 heterocycles. The predicted octanol–water partition coefficient (Wildman–Crippen LogP) is 0.920. The molecule has 0 saturated carbocycles. The first-order valence-electron chi connectivity index (χ1n) is 5.32. The van der Waals surface area contributed by atoms with Crippen molar-refractivity contribution in [3.05, 3.63) is 29.8 Å². The summed E-state index contributed by atoms with van der Waals surface area (Å²) in [6.07, 6.45) is -0.126. The van der Waals surface area contributed by atoms with Gasteiger partial charge < -0.3 is 5.11 Å². The largest absolute Gasteiger partial charge is 0.481 e. The van der Waals surface area contributed by atoms with Crippen molar-refractivity contribution >= 4 is 35.2 Å². The van der Waals surface area contributed by atoms with E-state index in [0.717, 1.165) is 4.90 Å². The van der Waals surface area contributed by atoms with E-state index in [9.17, 15) is 14.4 Å². The zero-order chi connectivity index (χ0) is 13.1. The molecule has 1 aromatic carbocycles. The maximum atomic E-state index is 11.7. The minimum absolute atomic E-state index is 0.126. The fourth-order valence-corrected chi connectivity index (χ4v) is 2.47. The Labute approximate surface area is 108 Å². The standard InChI is InChI=1S/C12H11NO4S/c14-10-6-18-7-11(15)13(10)9-3-1-2-8(4-9)5-12(16)17/h1-4H,5-7H2,(H,16,17). The van der Waals surface area contributed by atoms with Crippen LogP contribution in [0.5, 0.6) is 0 Å². The lowest BCUT2D eigenvalue weighted by atomic mass is 10.1.